The number of hydrogen-bond donors (Lipinski definition) is 1. The molecule has 4 heteroatoms. The summed E-state index contributed by atoms with van der Waals surface area (Å²) < 4.78 is 0. The number of nitrogens with zero attached hydrogens (tertiary/aromatic N) is 3. The van der Waals surface area contributed by atoms with Crippen molar-refractivity contribution in [3.63, 3.8) is 0 Å². The van der Waals surface area contributed by atoms with Crippen LogP contribution < -0.4 is 5.32 Å². The number of likely N-dealkylation sites (N-methyl/N-ethyl adjacent to an activating group) is 1. The van der Waals surface area contributed by atoms with Crippen molar-refractivity contribution in [2.45, 2.75) is 39.7 Å². The summed E-state index contributed by atoms with van der Waals surface area (Å²) in [5, 5.41) is 3.53. The number of guanidine groups is 1. The van der Waals surface area contributed by atoms with Gasteiger partial charge in [0.1, 0.15) is 0 Å². The van der Waals surface area contributed by atoms with Crippen LogP contribution in [0.2, 0.25) is 0 Å². The number of rotatable bonds is 6. The fourth-order valence-corrected chi connectivity index (χ4v) is 3.38. The van der Waals surface area contributed by atoms with Crippen LogP contribution in [0, 0.1) is 6.92 Å². The summed E-state index contributed by atoms with van der Waals surface area (Å²) in [5.41, 5.74) is 2.69. The predicted octanol–water partition coefficient (Wildman–Crippen LogP) is 2.53. The Labute approximate surface area is 141 Å². The van der Waals surface area contributed by atoms with Crippen molar-refractivity contribution in [3.8, 4) is 0 Å². The zero-order valence-electron chi connectivity index (χ0n) is 15.2. The van der Waals surface area contributed by atoms with E-state index < -0.39 is 0 Å². The highest BCUT2D eigenvalue weighted by molar-refractivity contribution is 5.80. The van der Waals surface area contributed by atoms with Crippen LogP contribution in [0.5, 0.6) is 0 Å². The topological polar surface area (TPSA) is 30.9 Å². The lowest BCUT2D eigenvalue weighted by Gasteiger charge is -2.27. The molecule has 0 spiro atoms. The van der Waals surface area contributed by atoms with E-state index >= 15 is 0 Å². The molecule has 128 valence electrons. The standard InChI is InChI=1S/C19H32N4/c1-5-22(6-2)18-12-14-23(15-18)19(20-4)21-13-11-17-9-7-16(3)8-10-17/h7-10,18H,5-6,11-15H2,1-4H3,(H,20,21). The number of aliphatic imine (C=N–C) groups is 1. The Bertz CT molecular complexity index is 491. The van der Waals surface area contributed by atoms with Crippen LogP contribution in [0.25, 0.3) is 0 Å². The monoisotopic (exact) mass is 316 g/mol. The molecule has 1 heterocycles. The van der Waals surface area contributed by atoms with Gasteiger partial charge in [-0.1, -0.05) is 43.7 Å². The largest absolute Gasteiger partial charge is 0.356 e. The summed E-state index contributed by atoms with van der Waals surface area (Å²) in [5.74, 6) is 1.05. The SMILES string of the molecule is CCN(CC)C1CCN(C(=NC)NCCc2ccc(C)cc2)C1. The Hall–Kier alpha value is -1.55. The second kappa shape index (κ2) is 8.92. The first-order chi connectivity index (χ1) is 11.2. The van der Waals surface area contributed by atoms with Crippen LogP contribution in [0.3, 0.4) is 0 Å². The van der Waals surface area contributed by atoms with Gasteiger partial charge in [0.15, 0.2) is 5.96 Å². The van der Waals surface area contributed by atoms with Gasteiger partial charge in [-0.15, -0.1) is 0 Å². The lowest BCUT2D eigenvalue weighted by Crippen LogP contribution is -2.43. The zero-order chi connectivity index (χ0) is 16.7. The first kappa shape index (κ1) is 17.8. The third-order valence-corrected chi connectivity index (χ3v) is 4.82. The van der Waals surface area contributed by atoms with Gasteiger partial charge in [-0.3, -0.25) is 9.89 Å². The summed E-state index contributed by atoms with van der Waals surface area (Å²) in [4.78, 5) is 9.43. The summed E-state index contributed by atoms with van der Waals surface area (Å²) >= 11 is 0. The van der Waals surface area contributed by atoms with E-state index in [2.05, 4.69) is 65.1 Å². The molecule has 0 aliphatic carbocycles. The molecule has 1 atom stereocenters. The number of likely N-dealkylation sites (tertiary alicyclic amines) is 1. The first-order valence-electron chi connectivity index (χ1n) is 8.93. The van der Waals surface area contributed by atoms with Gasteiger partial charge < -0.3 is 10.2 Å². The van der Waals surface area contributed by atoms with Gasteiger partial charge in [0, 0.05) is 32.7 Å². The van der Waals surface area contributed by atoms with Crippen LogP contribution >= 0.6 is 0 Å². The minimum atomic E-state index is 0.667. The van der Waals surface area contributed by atoms with E-state index in [1.165, 1.54) is 17.5 Å². The molecule has 0 radical (unpaired) electrons. The van der Waals surface area contributed by atoms with Gasteiger partial charge in [-0.2, -0.15) is 0 Å². The Morgan fingerprint density at radius 3 is 2.57 bits per heavy atom. The highest BCUT2D eigenvalue weighted by Gasteiger charge is 2.27. The van der Waals surface area contributed by atoms with E-state index in [0.717, 1.165) is 45.1 Å². The molecule has 0 bridgehead atoms. The van der Waals surface area contributed by atoms with Crippen molar-refractivity contribution in [1.29, 1.82) is 0 Å². The van der Waals surface area contributed by atoms with E-state index in [-0.39, 0.29) is 0 Å². The average Bonchev–Trinajstić information content (AvgIpc) is 3.04. The molecule has 1 aromatic rings. The summed E-state index contributed by atoms with van der Waals surface area (Å²) in [7, 11) is 1.89. The Morgan fingerprint density at radius 2 is 1.96 bits per heavy atom. The Morgan fingerprint density at radius 1 is 1.26 bits per heavy atom. The molecule has 2 rings (SSSR count). The molecule has 1 saturated heterocycles. The van der Waals surface area contributed by atoms with Crippen LogP contribution in [0.1, 0.15) is 31.4 Å². The van der Waals surface area contributed by atoms with Crippen molar-refractivity contribution in [2.75, 3.05) is 39.8 Å². The van der Waals surface area contributed by atoms with Crippen molar-refractivity contribution >= 4 is 5.96 Å². The Balaban J connectivity index is 1.80. The number of aryl methyl sites for hydroxylation is 1. The highest BCUT2D eigenvalue weighted by atomic mass is 15.3. The third-order valence-electron chi connectivity index (χ3n) is 4.82. The molecule has 1 aliphatic heterocycles. The molecule has 0 aromatic heterocycles. The van der Waals surface area contributed by atoms with E-state index in [4.69, 9.17) is 0 Å². The molecule has 4 nitrogen and oxygen atoms in total. The fraction of sp³-hybridized carbons (Fsp3) is 0.632. The zero-order valence-corrected chi connectivity index (χ0v) is 15.2. The summed E-state index contributed by atoms with van der Waals surface area (Å²) in [6.45, 7) is 12.0. The average molecular weight is 316 g/mol. The molecule has 1 aliphatic rings. The van der Waals surface area contributed by atoms with Crippen LogP contribution in [0.4, 0.5) is 0 Å². The van der Waals surface area contributed by atoms with Crippen LogP contribution in [-0.4, -0.2) is 61.6 Å². The van der Waals surface area contributed by atoms with Gasteiger partial charge in [0.25, 0.3) is 0 Å². The van der Waals surface area contributed by atoms with Gasteiger partial charge in [0.2, 0.25) is 0 Å². The quantitative estimate of drug-likeness (QED) is 0.646. The highest BCUT2D eigenvalue weighted by Crippen LogP contribution is 2.15. The lowest BCUT2D eigenvalue weighted by atomic mass is 10.1. The van der Waals surface area contributed by atoms with Gasteiger partial charge >= 0.3 is 0 Å². The molecule has 1 fully saturated rings. The van der Waals surface area contributed by atoms with Crippen LogP contribution in [-0.2, 0) is 6.42 Å². The Kier molecular flexibility index (Phi) is 6.90. The normalized spacial score (nSPS) is 18.7. The minimum absolute atomic E-state index is 0.667. The third kappa shape index (κ3) is 4.96. The molecule has 1 aromatic carbocycles. The molecule has 0 amide bonds. The van der Waals surface area contributed by atoms with Crippen molar-refractivity contribution in [2.24, 2.45) is 4.99 Å². The maximum absolute atomic E-state index is 4.47. The van der Waals surface area contributed by atoms with Crippen molar-refractivity contribution < 1.29 is 0 Å². The molecular weight excluding hydrogens is 284 g/mol. The van der Waals surface area contributed by atoms with E-state index in [1.54, 1.807) is 0 Å². The van der Waals surface area contributed by atoms with Crippen molar-refractivity contribution in [3.05, 3.63) is 35.4 Å². The second-order valence-corrected chi connectivity index (χ2v) is 6.32. The van der Waals surface area contributed by atoms with E-state index in [0.29, 0.717) is 6.04 Å². The van der Waals surface area contributed by atoms with Crippen LogP contribution in [0.15, 0.2) is 29.3 Å². The fourth-order valence-electron chi connectivity index (χ4n) is 3.38. The first-order valence-corrected chi connectivity index (χ1v) is 8.93. The number of nitrogens with one attached hydrogen (secondary N) is 1. The van der Waals surface area contributed by atoms with Gasteiger partial charge in [-0.05, 0) is 38.4 Å². The molecule has 0 saturated carbocycles. The van der Waals surface area contributed by atoms with Crippen molar-refractivity contribution in [1.82, 2.24) is 15.1 Å². The predicted molar refractivity (Wildman–Crippen MR) is 99.1 cm³/mol. The summed E-state index contributed by atoms with van der Waals surface area (Å²) in [6.07, 6.45) is 2.27. The maximum atomic E-state index is 4.47. The number of hydrogen-bond acceptors (Lipinski definition) is 2. The smallest absolute Gasteiger partial charge is 0.193 e. The maximum Gasteiger partial charge on any atom is 0.193 e. The summed E-state index contributed by atoms with van der Waals surface area (Å²) in [6, 6.07) is 9.46. The molecular formula is C19H32N4. The second-order valence-electron chi connectivity index (χ2n) is 6.32. The molecule has 23 heavy (non-hydrogen) atoms. The van der Waals surface area contributed by atoms with E-state index in [1.807, 2.05) is 7.05 Å². The number of benzene rings is 1. The van der Waals surface area contributed by atoms with Gasteiger partial charge in [0.05, 0.1) is 0 Å². The molecule has 1 N–H and O–H groups in total. The molecule has 1 unspecified atom stereocenters. The minimum Gasteiger partial charge on any atom is -0.356 e. The van der Waals surface area contributed by atoms with E-state index in [9.17, 15) is 0 Å². The lowest BCUT2D eigenvalue weighted by molar-refractivity contribution is 0.223. The van der Waals surface area contributed by atoms with Gasteiger partial charge in [-0.25, -0.2) is 0 Å².